The lowest BCUT2D eigenvalue weighted by atomic mass is 9.82. The van der Waals surface area contributed by atoms with Crippen LogP contribution in [0.2, 0.25) is 0 Å². The van der Waals surface area contributed by atoms with E-state index in [1.54, 1.807) is 11.3 Å². The summed E-state index contributed by atoms with van der Waals surface area (Å²) in [6.07, 6.45) is 0. The predicted molar refractivity (Wildman–Crippen MR) is 66.9 cm³/mol. The zero-order valence-corrected chi connectivity index (χ0v) is 11.5. The zero-order chi connectivity index (χ0) is 10.8. The van der Waals surface area contributed by atoms with Gasteiger partial charge in [0.1, 0.15) is 4.60 Å². The lowest BCUT2D eigenvalue weighted by Gasteiger charge is -2.27. The molecule has 1 N–H and O–H groups in total. The number of aromatic nitrogens is 1. The summed E-state index contributed by atoms with van der Waals surface area (Å²) in [5.41, 5.74) is 0.349. The van der Waals surface area contributed by atoms with Gasteiger partial charge in [-0.2, -0.15) is 0 Å². The second-order valence-electron chi connectivity index (χ2n) is 4.62. The quantitative estimate of drug-likeness (QED) is 0.903. The first-order chi connectivity index (χ1) is 6.39. The fourth-order valence-corrected chi connectivity index (χ4v) is 2.04. The van der Waals surface area contributed by atoms with Crippen molar-refractivity contribution in [1.29, 1.82) is 0 Å². The van der Waals surface area contributed by atoms with Crippen LogP contribution in [0.1, 0.15) is 27.7 Å². The summed E-state index contributed by atoms with van der Waals surface area (Å²) in [5.74, 6) is 0.630. The maximum absolute atomic E-state index is 4.29. The van der Waals surface area contributed by atoms with Gasteiger partial charge in [-0.1, -0.05) is 27.7 Å². The summed E-state index contributed by atoms with van der Waals surface area (Å²) in [6.45, 7) is 10.0. The Morgan fingerprint density at radius 2 is 2.21 bits per heavy atom. The van der Waals surface area contributed by atoms with Crippen LogP contribution >= 0.6 is 27.3 Å². The molecule has 0 aliphatic heterocycles. The molecule has 1 aromatic rings. The van der Waals surface area contributed by atoms with Crippen molar-refractivity contribution in [1.82, 2.24) is 4.98 Å². The highest BCUT2D eigenvalue weighted by atomic mass is 79.9. The summed E-state index contributed by atoms with van der Waals surface area (Å²) in [5, 5.41) is 6.33. The van der Waals surface area contributed by atoms with E-state index in [2.05, 4.69) is 53.9 Å². The summed E-state index contributed by atoms with van der Waals surface area (Å²) in [4.78, 5) is 4.29. The maximum Gasteiger partial charge on any atom is 0.183 e. The Labute approximate surface area is 98.3 Å². The largest absolute Gasteiger partial charge is 0.361 e. The van der Waals surface area contributed by atoms with Crippen molar-refractivity contribution in [3.8, 4) is 0 Å². The number of hydrogen-bond acceptors (Lipinski definition) is 3. The Hall–Kier alpha value is -0.0900. The van der Waals surface area contributed by atoms with E-state index in [9.17, 15) is 0 Å². The van der Waals surface area contributed by atoms with Crippen LogP contribution in [0.4, 0.5) is 5.13 Å². The van der Waals surface area contributed by atoms with E-state index < -0.39 is 0 Å². The van der Waals surface area contributed by atoms with Gasteiger partial charge in [0.05, 0.1) is 0 Å². The Balaban J connectivity index is 2.41. The third-order valence-corrected chi connectivity index (χ3v) is 4.02. The number of rotatable bonds is 3. The molecule has 0 saturated carbocycles. The molecule has 0 spiro atoms. The second kappa shape index (κ2) is 4.62. The molecule has 1 unspecified atom stereocenters. The third kappa shape index (κ3) is 3.58. The first-order valence-corrected chi connectivity index (χ1v) is 6.42. The van der Waals surface area contributed by atoms with Gasteiger partial charge < -0.3 is 5.32 Å². The van der Waals surface area contributed by atoms with E-state index in [4.69, 9.17) is 0 Å². The molecule has 2 nitrogen and oxygen atoms in total. The van der Waals surface area contributed by atoms with Crippen LogP contribution in [0.25, 0.3) is 0 Å². The van der Waals surface area contributed by atoms with Crippen molar-refractivity contribution in [2.75, 3.05) is 11.9 Å². The van der Waals surface area contributed by atoms with Crippen LogP contribution in [-0.2, 0) is 0 Å². The summed E-state index contributed by atoms with van der Waals surface area (Å²) < 4.78 is 0.911. The number of nitrogens with one attached hydrogen (secondary N) is 1. The van der Waals surface area contributed by atoms with Crippen molar-refractivity contribution >= 4 is 32.4 Å². The minimum absolute atomic E-state index is 0.349. The lowest BCUT2D eigenvalue weighted by Crippen LogP contribution is -2.24. The molecular formula is C10H17BrN2S. The molecular weight excluding hydrogens is 260 g/mol. The molecule has 0 saturated heterocycles. The van der Waals surface area contributed by atoms with Gasteiger partial charge in [0.25, 0.3) is 0 Å². The van der Waals surface area contributed by atoms with E-state index in [1.807, 2.05) is 5.38 Å². The first-order valence-electron chi connectivity index (χ1n) is 4.74. The van der Waals surface area contributed by atoms with Gasteiger partial charge >= 0.3 is 0 Å². The van der Waals surface area contributed by atoms with Crippen molar-refractivity contribution in [2.24, 2.45) is 11.3 Å². The predicted octanol–water partition coefficient (Wildman–Crippen LogP) is 4.00. The monoisotopic (exact) mass is 276 g/mol. The molecule has 1 heterocycles. The van der Waals surface area contributed by atoms with Gasteiger partial charge in [-0.3, -0.25) is 0 Å². The highest BCUT2D eigenvalue weighted by Gasteiger charge is 2.19. The molecule has 0 bridgehead atoms. The van der Waals surface area contributed by atoms with Crippen LogP contribution in [0.3, 0.4) is 0 Å². The van der Waals surface area contributed by atoms with E-state index in [0.29, 0.717) is 11.3 Å². The van der Waals surface area contributed by atoms with Crippen molar-refractivity contribution in [2.45, 2.75) is 27.7 Å². The Bertz CT molecular complexity index is 291. The highest BCUT2D eigenvalue weighted by Crippen LogP contribution is 2.26. The van der Waals surface area contributed by atoms with Gasteiger partial charge in [0.15, 0.2) is 5.13 Å². The minimum atomic E-state index is 0.349. The molecule has 0 aliphatic rings. The number of hydrogen-bond donors (Lipinski definition) is 1. The molecule has 0 fully saturated rings. The molecule has 14 heavy (non-hydrogen) atoms. The Morgan fingerprint density at radius 1 is 1.57 bits per heavy atom. The number of halogens is 1. The van der Waals surface area contributed by atoms with Gasteiger partial charge in [-0.25, -0.2) is 4.98 Å². The third-order valence-electron chi connectivity index (χ3n) is 2.51. The molecule has 0 radical (unpaired) electrons. The summed E-state index contributed by atoms with van der Waals surface area (Å²) >= 11 is 4.97. The SMILES string of the molecule is CC(CNc1nc(Br)cs1)C(C)(C)C. The Morgan fingerprint density at radius 3 is 2.64 bits per heavy atom. The van der Waals surface area contributed by atoms with E-state index >= 15 is 0 Å². The second-order valence-corrected chi connectivity index (χ2v) is 6.29. The normalized spacial score (nSPS) is 14.1. The van der Waals surface area contributed by atoms with Crippen LogP contribution in [0.15, 0.2) is 9.98 Å². The van der Waals surface area contributed by atoms with Gasteiger partial charge in [-0.05, 0) is 27.3 Å². The van der Waals surface area contributed by atoms with Crippen LogP contribution in [-0.4, -0.2) is 11.5 Å². The molecule has 1 aromatic heterocycles. The Kier molecular flexibility index (Phi) is 3.95. The van der Waals surface area contributed by atoms with Gasteiger partial charge in [0, 0.05) is 11.9 Å². The topological polar surface area (TPSA) is 24.9 Å². The average molecular weight is 277 g/mol. The zero-order valence-electron chi connectivity index (χ0n) is 9.10. The molecule has 0 aromatic carbocycles. The van der Waals surface area contributed by atoms with Crippen molar-refractivity contribution < 1.29 is 0 Å². The van der Waals surface area contributed by atoms with Gasteiger partial charge in [0.2, 0.25) is 0 Å². The molecule has 1 rings (SSSR count). The fraction of sp³-hybridized carbons (Fsp3) is 0.700. The summed E-state index contributed by atoms with van der Waals surface area (Å²) in [6, 6.07) is 0. The van der Waals surface area contributed by atoms with Crippen LogP contribution < -0.4 is 5.32 Å². The molecule has 0 aliphatic carbocycles. The molecule has 1 atom stereocenters. The molecule has 0 amide bonds. The molecule has 4 heteroatoms. The smallest absolute Gasteiger partial charge is 0.183 e. The lowest BCUT2D eigenvalue weighted by molar-refractivity contribution is 0.274. The number of anilines is 1. The van der Waals surface area contributed by atoms with E-state index in [1.165, 1.54) is 0 Å². The van der Waals surface area contributed by atoms with Crippen LogP contribution in [0, 0.1) is 11.3 Å². The van der Waals surface area contributed by atoms with Crippen LogP contribution in [0.5, 0.6) is 0 Å². The van der Waals surface area contributed by atoms with E-state index in [-0.39, 0.29) is 0 Å². The highest BCUT2D eigenvalue weighted by molar-refractivity contribution is 9.10. The number of nitrogens with zero attached hydrogens (tertiary/aromatic N) is 1. The van der Waals surface area contributed by atoms with E-state index in [0.717, 1.165) is 16.3 Å². The standard InChI is InChI=1S/C10H17BrN2S/c1-7(10(2,3)4)5-12-9-13-8(11)6-14-9/h6-7H,5H2,1-4H3,(H,12,13). The van der Waals surface area contributed by atoms with Crippen molar-refractivity contribution in [3.05, 3.63) is 9.98 Å². The number of thiazole rings is 1. The van der Waals surface area contributed by atoms with Gasteiger partial charge in [-0.15, -0.1) is 11.3 Å². The summed E-state index contributed by atoms with van der Waals surface area (Å²) in [7, 11) is 0. The average Bonchev–Trinajstić information content (AvgIpc) is 2.45. The minimum Gasteiger partial charge on any atom is -0.361 e. The first kappa shape index (κ1) is 12.0. The maximum atomic E-state index is 4.29. The molecule has 80 valence electrons. The fourth-order valence-electron chi connectivity index (χ4n) is 0.882. The van der Waals surface area contributed by atoms with Crippen molar-refractivity contribution in [3.63, 3.8) is 0 Å².